The highest BCUT2D eigenvalue weighted by atomic mass is 16.2. The number of amides is 2. The summed E-state index contributed by atoms with van der Waals surface area (Å²) in [6, 6.07) is 10.0. The van der Waals surface area contributed by atoms with Crippen LogP contribution in [-0.4, -0.2) is 22.8 Å². The Labute approximate surface area is 132 Å². The maximum absolute atomic E-state index is 12.6. The lowest BCUT2D eigenvalue weighted by Gasteiger charge is -2.44. The van der Waals surface area contributed by atoms with Crippen LogP contribution in [0.15, 0.2) is 30.3 Å². The Morgan fingerprint density at radius 1 is 1.00 bits per heavy atom. The molecule has 22 heavy (non-hydrogen) atoms. The summed E-state index contributed by atoms with van der Waals surface area (Å²) in [6.07, 6.45) is 7.55. The number of carbonyl (C=O) groups is 2. The van der Waals surface area contributed by atoms with Crippen LogP contribution >= 0.6 is 0 Å². The van der Waals surface area contributed by atoms with Gasteiger partial charge in [0.05, 0.1) is 0 Å². The second-order valence-corrected chi connectivity index (χ2v) is 7.11. The van der Waals surface area contributed by atoms with Gasteiger partial charge in [-0.15, -0.1) is 0 Å². The highest BCUT2D eigenvalue weighted by molar-refractivity contribution is 5.99. The fourth-order valence-corrected chi connectivity index (χ4v) is 4.21. The Morgan fingerprint density at radius 3 is 2.18 bits per heavy atom. The quantitative estimate of drug-likeness (QED) is 0.798. The molecule has 1 atom stereocenters. The van der Waals surface area contributed by atoms with Crippen molar-refractivity contribution < 1.29 is 9.59 Å². The molecule has 1 spiro atoms. The van der Waals surface area contributed by atoms with Gasteiger partial charge < -0.3 is 0 Å². The fraction of sp³-hybridized carbons (Fsp3) is 0.579. The third-order valence-corrected chi connectivity index (χ3v) is 5.32. The monoisotopic (exact) mass is 299 g/mol. The minimum atomic E-state index is -0.0525. The summed E-state index contributed by atoms with van der Waals surface area (Å²) in [7, 11) is 0. The van der Waals surface area contributed by atoms with Gasteiger partial charge in [0, 0.05) is 18.9 Å². The van der Waals surface area contributed by atoms with Crippen LogP contribution in [0.25, 0.3) is 0 Å². The van der Waals surface area contributed by atoms with E-state index in [0.29, 0.717) is 12.8 Å². The Hall–Kier alpha value is -1.64. The summed E-state index contributed by atoms with van der Waals surface area (Å²) in [5.41, 5.74) is 1.16. The van der Waals surface area contributed by atoms with Crippen LogP contribution in [-0.2, 0) is 16.0 Å². The van der Waals surface area contributed by atoms with Gasteiger partial charge in [0.1, 0.15) is 0 Å². The van der Waals surface area contributed by atoms with Crippen molar-refractivity contribution in [3.63, 3.8) is 0 Å². The molecule has 1 saturated heterocycles. The first-order valence-corrected chi connectivity index (χ1v) is 8.48. The number of likely N-dealkylation sites (tertiary alicyclic amines) is 1. The maximum Gasteiger partial charge on any atom is 0.229 e. The molecule has 1 aliphatic heterocycles. The van der Waals surface area contributed by atoms with Crippen molar-refractivity contribution in [3.05, 3.63) is 35.9 Å². The lowest BCUT2D eigenvalue weighted by atomic mass is 9.67. The average molecular weight is 299 g/mol. The molecule has 3 nitrogen and oxygen atoms in total. The van der Waals surface area contributed by atoms with E-state index >= 15 is 0 Å². The van der Waals surface area contributed by atoms with Crippen molar-refractivity contribution in [2.75, 3.05) is 0 Å². The molecule has 3 heteroatoms. The first-order valence-electron chi connectivity index (χ1n) is 8.48. The van der Waals surface area contributed by atoms with Crippen LogP contribution in [0, 0.1) is 5.41 Å². The number of hydrogen-bond donors (Lipinski definition) is 0. The molecule has 0 N–H and O–H groups in total. The number of imide groups is 1. The second kappa shape index (κ2) is 6.23. The van der Waals surface area contributed by atoms with Gasteiger partial charge in [-0.1, -0.05) is 49.6 Å². The Bertz CT molecular complexity index is 526. The Morgan fingerprint density at radius 2 is 1.59 bits per heavy atom. The molecule has 1 heterocycles. The molecule has 1 aliphatic carbocycles. The predicted molar refractivity (Wildman–Crippen MR) is 86.2 cm³/mol. The van der Waals surface area contributed by atoms with Crippen molar-refractivity contribution in [2.45, 2.75) is 64.3 Å². The van der Waals surface area contributed by atoms with Crippen LogP contribution < -0.4 is 0 Å². The highest BCUT2D eigenvalue weighted by Gasteiger charge is 2.45. The van der Waals surface area contributed by atoms with Crippen LogP contribution in [0.5, 0.6) is 0 Å². The third-order valence-electron chi connectivity index (χ3n) is 5.32. The van der Waals surface area contributed by atoms with E-state index < -0.39 is 0 Å². The lowest BCUT2D eigenvalue weighted by molar-refractivity contribution is -0.157. The third kappa shape index (κ3) is 3.08. The van der Waals surface area contributed by atoms with Crippen molar-refractivity contribution in [1.82, 2.24) is 4.90 Å². The van der Waals surface area contributed by atoms with E-state index in [2.05, 4.69) is 12.1 Å². The maximum atomic E-state index is 12.6. The van der Waals surface area contributed by atoms with Crippen LogP contribution in [0.4, 0.5) is 0 Å². The summed E-state index contributed by atoms with van der Waals surface area (Å²) in [5, 5.41) is 0. The first-order chi connectivity index (χ1) is 10.6. The van der Waals surface area contributed by atoms with Gasteiger partial charge in [0.25, 0.3) is 0 Å². The lowest BCUT2D eigenvalue weighted by Crippen LogP contribution is -2.52. The average Bonchev–Trinajstić information content (AvgIpc) is 2.48. The molecule has 1 aromatic rings. The van der Waals surface area contributed by atoms with Gasteiger partial charge in [-0.3, -0.25) is 14.5 Å². The van der Waals surface area contributed by atoms with Crippen molar-refractivity contribution >= 4 is 11.8 Å². The first kappa shape index (κ1) is 15.3. The normalized spacial score (nSPS) is 22.9. The van der Waals surface area contributed by atoms with Gasteiger partial charge in [-0.05, 0) is 37.2 Å². The molecule has 2 aliphatic rings. The molecule has 2 fully saturated rings. The summed E-state index contributed by atoms with van der Waals surface area (Å²) >= 11 is 0. The molecule has 118 valence electrons. The Balaban J connectivity index is 1.70. The van der Waals surface area contributed by atoms with Crippen LogP contribution in [0.2, 0.25) is 0 Å². The molecule has 0 bridgehead atoms. The molecule has 1 aromatic carbocycles. The number of hydrogen-bond acceptors (Lipinski definition) is 2. The van der Waals surface area contributed by atoms with Gasteiger partial charge in [0.2, 0.25) is 11.8 Å². The number of carbonyl (C=O) groups excluding carboxylic acids is 2. The number of rotatable bonds is 3. The highest BCUT2D eigenvalue weighted by Crippen LogP contribution is 2.45. The van der Waals surface area contributed by atoms with E-state index in [4.69, 9.17) is 0 Å². The molecule has 1 saturated carbocycles. The van der Waals surface area contributed by atoms with Gasteiger partial charge in [-0.25, -0.2) is 0 Å². The van der Waals surface area contributed by atoms with E-state index in [0.717, 1.165) is 19.3 Å². The summed E-state index contributed by atoms with van der Waals surface area (Å²) in [5.74, 6) is 0.0863. The molecular weight excluding hydrogens is 274 g/mol. The van der Waals surface area contributed by atoms with Gasteiger partial charge >= 0.3 is 0 Å². The smallest absolute Gasteiger partial charge is 0.229 e. The summed E-state index contributed by atoms with van der Waals surface area (Å²) in [6.45, 7) is 1.99. The Kier molecular flexibility index (Phi) is 4.32. The second-order valence-electron chi connectivity index (χ2n) is 7.11. The molecule has 0 unspecified atom stereocenters. The number of benzene rings is 1. The van der Waals surface area contributed by atoms with Gasteiger partial charge in [0.15, 0.2) is 0 Å². The zero-order valence-corrected chi connectivity index (χ0v) is 13.4. The largest absolute Gasteiger partial charge is 0.279 e. The topological polar surface area (TPSA) is 37.4 Å². The van der Waals surface area contributed by atoms with Crippen molar-refractivity contribution in [2.24, 2.45) is 5.41 Å². The zero-order valence-electron chi connectivity index (χ0n) is 13.4. The molecule has 0 radical (unpaired) electrons. The van der Waals surface area contributed by atoms with Crippen molar-refractivity contribution in [1.29, 1.82) is 0 Å². The van der Waals surface area contributed by atoms with Crippen LogP contribution in [0.1, 0.15) is 57.4 Å². The summed E-state index contributed by atoms with van der Waals surface area (Å²) < 4.78 is 0. The fourth-order valence-electron chi connectivity index (χ4n) is 4.21. The predicted octanol–water partition coefficient (Wildman–Crippen LogP) is 3.72. The summed E-state index contributed by atoms with van der Waals surface area (Å²) in [4.78, 5) is 26.8. The molecular formula is C19H25NO2. The van der Waals surface area contributed by atoms with Crippen molar-refractivity contribution in [3.8, 4) is 0 Å². The van der Waals surface area contributed by atoms with E-state index in [-0.39, 0.29) is 23.3 Å². The van der Waals surface area contributed by atoms with E-state index in [1.54, 1.807) is 0 Å². The standard InChI is InChI=1S/C19H25NO2/c1-15(12-16-8-4-2-5-9-16)20-17(21)13-19(14-18(20)22)10-6-3-7-11-19/h2,4-5,8-9,15H,3,6-7,10-14H2,1H3/t15-/m0/s1. The molecule has 2 amide bonds. The van der Waals surface area contributed by atoms with Crippen LogP contribution in [0.3, 0.4) is 0 Å². The van der Waals surface area contributed by atoms with E-state index in [1.807, 2.05) is 25.1 Å². The zero-order chi connectivity index (χ0) is 15.6. The minimum absolute atomic E-state index is 0.0185. The molecule has 3 rings (SSSR count). The number of nitrogens with zero attached hydrogens (tertiary/aromatic N) is 1. The molecule has 0 aromatic heterocycles. The minimum Gasteiger partial charge on any atom is -0.279 e. The number of piperidine rings is 1. The van der Waals surface area contributed by atoms with Gasteiger partial charge in [-0.2, -0.15) is 0 Å². The SMILES string of the molecule is C[C@@H](Cc1ccccc1)N1C(=O)CC2(CCCCC2)CC1=O. The van der Waals surface area contributed by atoms with E-state index in [1.165, 1.54) is 29.7 Å². The van der Waals surface area contributed by atoms with E-state index in [9.17, 15) is 9.59 Å².